The van der Waals surface area contributed by atoms with Crippen molar-refractivity contribution >= 4 is 11.3 Å². The molecule has 0 bridgehead atoms. The van der Waals surface area contributed by atoms with E-state index in [0.717, 1.165) is 33.9 Å². The highest BCUT2D eigenvalue weighted by Gasteiger charge is 2.23. The molecule has 3 rings (SSSR count). The Labute approximate surface area is 205 Å². The van der Waals surface area contributed by atoms with Gasteiger partial charge in [0, 0.05) is 17.5 Å². The van der Waals surface area contributed by atoms with E-state index in [2.05, 4.69) is 42.3 Å². The molecule has 0 saturated carbocycles. The quantitative estimate of drug-likeness (QED) is 0.424. The molecule has 0 amide bonds. The number of allylic oxidation sites excluding steroid dienone is 3. The molecule has 1 unspecified atom stereocenters. The van der Waals surface area contributed by atoms with Crippen LogP contribution in [0.3, 0.4) is 0 Å². The third-order valence-corrected chi connectivity index (χ3v) is 5.14. The van der Waals surface area contributed by atoms with Crippen molar-refractivity contribution in [2.75, 3.05) is 0 Å². The fraction of sp³-hybridized carbons (Fsp3) is 0.367. The standard InChI is InChI=1S/C28H32N2O2.C2H6/c1-7-28(23-10-14-26(15-11-23)32-20(4)5)30-18-27(24(17-29)16-21(30)6)22-8-12-25(13-9-22)31-19(2)3;1-2/h7-16,18-21H,1-6H3;1-2H3/b28-7-;. The molecular weight excluding hydrogens is 420 g/mol. The lowest BCUT2D eigenvalue weighted by atomic mass is 9.93. The molecule has 1 aliphatic heterocycles. The zero-order valence-electron chi connectivity index (χ0n) is 21.8. The lowest BCUT2D eigenvalue weighted by Crippen LogP contribution is -2.28. The molecule has 0 saturated heterocycles. The maximum atomic E-state index is 9.78. The van der Waals surface area contributed by atoms with Crippen molar-refractivity contribution in [3.8, 4) is 17.6 Å². The number of rotatable bonds is 7. The minimum atomic E-state index is 0.0507. The van der Waals surface area contributed by atoms with Gasteiger partial charge in [0.15, 0.2) is 0 Å². The molecule has 4 heteroatoms. The van der Waals surface area contributed by atoms with Crippen molar-refractivity contribution in [1.29, 1.82) is 5.26 Å². The maximum Gasteiger partial charge on any atom is 0.119 e. The Morgan fingerprint density at radius 2 is 1.41 bits per heavy atom. The number of ether oxygens (including phenoxy) is 2. The van der Waals surface area contributed by atoms with E-state index in [0.29, 0.717) is 5.57 Å². The van der Waals surface area contributed by atoms with Crippen LogP contribution in [0.5, 0.6) is 11.5 Å². The third kappa shape index (κ3) is 6.78. The number of hydrogen-bond donors (Lipinski definition) is 0. The Morgan fingerprint density at radius 3 is 1.85 bits per heavy atom. The van der Waals surface area contributed by atoms with Gasteiger partial charge >= 0.3 is 0 Å². The first kappa shape index (κ1) is 26.8. The van der Waals surface area contributed by atoms with Gasteiger partial charge in [-0.05, 0) is 95.1 Å². The number of hydrogen-bond acceptors (Lipinski definition) is 4. The molecule has 34 heavy (non-hydrogen) atoms. The molecule has 1 aliphatic rings. The Bertz CT molecular complexity index is 1050. The van der Waals surface area contributed by atoms with Crippen molar-refractivity contribution in [3.63, 3.8) is 0 Å². The zero-order chi connectivity index (χ0) is 25.3. The van der Waals surface area contributed by atoms with Crippen LogP contribution >= 0.6 is 0 Å². The summed E-state index contributed by atoms with van der Waals surface area (Å²) in [6.45, 7) is 16.2. The van der Waals surface area contributed by atoms with Gasteiger partial charge < -0.3 is 14.4 Å². The Balaban J connectivity index is 0.00000199. The van der Waals surface area contributed by atoms with Crippen molar-refractivity contribution in [2.45, 2.75) is 73.6 Å². The summed E-state index contributed by atoms with van der Waals surface area (Å²) in [6.07, 6.45) is 6.47. The maximum absolute atomic E-state index is 9.78. The van der Waals surface area contributed by atoms with Gasteiger partial charge in [-0.1, -0.05) is 32.1 Å². The molecule has 1 atom stereocenters. The first-order valence-corrected chi connectivity index (χ1v) is 12.1. The van der Waals surface area contributed by atoms with E-state index in [-0.39, 0.29) is 18.2 Å². The highest BCUT2D eigenvalue weighted by Crippen LogP contribution is 2.34. The van der Waals surface area contributed by atoms with E-state index in [1.807, 2.05) is 90.9 Å². The van der Waals surface area contributed by atoms with Crippen LogP contribution in [0.15, 0.2) is 72.5 Å². The molecule has 2 aromatic rings. The summed E-state index contributed by atoms with van der Waals surface area (Å²) in [4.78, 5) is 2.22. The van der Waals surface area contributed by atoms with E-state index in [9.17, 15) is 5.26 Å². The molecule has 0 fully saturated rings. The average molecular weight is 459 g/mol. The summed E-state index contributed by atoms with van der Waals surface area (Å²) in [7, 11) is 0. The summed E-state index contributed by atoms with van der Waals surface area (Å²) in [5, 5.41) is 9.78. The smallest absolute Gasteiger partial charge is 0.119 e. The summed E-state index contributed by atoms with van der Waals surface area (Å²) in [5.41, 5.74) is 4.75. The van der Waals surface area contributed by atoms with E-state index >= 15 is 0 Å². The fourth-order valence-electron chi connectivity index (χ4n) is 3.78. The van der Waals surface area contributed by atoms with Gasteiger partial charge in [0.1, 0.15) is 11.5 Å². The predicted molar refractivity (Wildman–Crippen MR) is 142 cm³/mol. The molecule has 0 aromatic heterocycles. The largest absolute Gasteiger partial charge is 0.491 e. The van der Waals surface area contributed by atoms with Gasteiger partial charge in [0.05, 0.1) is 29.9 Å². The Morgan fingerprint density at radius 1 is 0.912 bits per heavy atom. The van der Waals surface area contributed by atoms with E-state index in [1.165, 1.54) is 0 Å². The van der Waals surface area contributed by atoms with Gasteiger partial charge in [-0.2, -0.15) is 5.26 Å². The van der Waals surface area contributed by atoms with Gasteiger partial charge in [0.2, 0.25) is 0 Å². The fourth-order valence-corrected chi connectivity index (χ4v) is 3.78. The highest BCUT2D eigenvalue weighted by molar-refractivity contribution is 5.85. The van der Waals surface area contributed by atoms with E-state index in [4.69, 9.17) is 9.47 Å². The average Bonchev–Trinajstić information content (AvgIpc) is 2.82. The zero-order valence-corrected chi connectivity index (χ0v) is 21.8. The molecule has 0 spiro atoms. The topological polar surface area (TPSA) is 45.5 Å². The molecule has 180 valence electrons. The van der Waals surface area contributed by atoms with Gasteiger partial charge in [-0.3, -0.25) is 0 Å². The third-order valence-electron chi connectivity index (χ3n) is 5.14. The van der Waals surface area contributed by atoms with Crippen LogP contribution in [-0.2, 0) is 0 Å². The second-order valence-corrected chi connectivity index (χ2v) is 8.44. The summed E-state index contributed by atoms with van der Waals surface area (Å²) in [5.74, 6) is 1.68. The van der Waals surface area contributed by atoms with Gasteiger partial charge in [-0.15, -0.1) is 0 Å². The van der Waals surface area contributed by atoms with Crippen LogP contribution in [-0.4, -0.2) is 23.1 Å². The second-order valence-electron chi connectivity index (χ2n) is 8.44. The number of nitrogens with zero attached hydrogens (tertiary/aromatic N) is 2. The molecule has 0 N–H and O–H groups in total. The summed E-state index contributed by atoms with van der Waals surface area (Å²) < 4.78 is 11.6. The minimum Gasteiger partial charge on any atom is -0.491 e. The number of nitriles is 1. The molecule has 0 aliphatic carbocycles. The number of benzene rings is 2. The minimum absolute atomic E-state index is 0.0507. The highest BCUT2D eigenvalue weighted by atomic mass is 16.5. The van der Waals surface area contributed by atoms with Crippen LogP contribution in [0.1, 0.15) is 66.5 Å². The van der Waals surface area contributed by atoms with Gasteiger partial charge in [-0.25, -0.2) is 0 Å². The summed E-state index contributed by atoms with van der Waals surface area (Å²) >= 11 is 0. The van der Waals surface area contributed by atoms with Crippen molar-refractivity contribution < 1.29 is 9.47 Å². The van der Waals surface area contributed by atoms with Crippen LogP contribution < -0.4 is 9.47 Å². The SMILES string of the molecule is C/C=C(/c1ccc(OC(C)C)cc1)N1C=C(c2ccc(OC(C)C)cc2)C(C#N)=CC1C.CC. The summed E-state index contributed by atoms with van der Waals surface area (Å²) in [6, 6.07) is 18.5. The lowest BCUT2D eigenvalue weighted by molar-refractivity contribution is 0.242. The van der Waals surface area contributed by atoms with E-state index < -0.39 is 0 Å². The molecule has 4 nitrogen and oxygen atoms in total. The molecule has 1 heterocycles. The monoisotopic (exact) mass is 458 g/mol. The Hall–Kier alpha value is -3.45. The van der Waals surface area contributed by atoms with Crippen molar-refractivity contribution in [3.05, 3.63) is 83.6 Å². The first-order chi connectivity index (χ1) is 16.3. The normalized spacial score (nSPS) is 15.7. The van der Waals surface area contributed by atoms with E-state index in [1.54, 1.807) is 0 Å². The molecule has 0 radical (unpaired) electrons. The van der Waals surface area contributed by atoms with Crippen LogP contribution in [0.2, 0.25) is 0 Å². The Kier molecular flexibility index (Phi) is 10.0. The van der Waals surface area contributed by atoms with Crippen LogP contribution in [0.4, 0.5) is 0 Å². The molecular formula is C30H38N2O2. The van der Waals surface area contributed by atoms with Crippen LogP contribution in [0.25, 0.3) is 11.3 Å². The van der Waals surface area contributed by atoms with Crippen molar-refractivity contribution in [2.24, 2.45) is 0 Å². The first-order valence-electron chi connectivity index (χ1n) is 12.1. The lowest BCUT2D eigenvalue weighted by Gasteiger charge is -2.33. The van der Waals surface area contributed by atoms with Gasteiger partial charge in [0.25, 0.3) is 0 Å². The second kappa shape index (κ2) is 12.7. The predicted octanol–water partition coefficient (Wildman–Crippen LogP) is 7.84. The molecule has 2 aromatic carbocycles. The van der Waals surface area contributed by atoms with Crippen LogP contribution in [0, 0.1) is 11.3 Å². The van der Waals surface area contributed by atoms with Crippen molar-refractivity contribution in [1.82, 2.24) is 4.90 Å².